The Morgan fingerprint density at radius 1 is 1.32 bits per heavy atom. The van der Waals surface area contributed by atoms with E-state index in [0.717, 1.165) is 22.8 Å². The lowest BCUT2D eigenvalue weighted by Crippen LogP contribution is -2.05. The Kier molecular flexibility index (Phi) is 3.18. The number of fused-ring (bicyclic) bond motifs is 5. The average molecular weight is 336 g/mol. The van der Waals surface area contributed by atoms with Gasteiger partial charge in [0.05, 0.1) is 17.9 Å². The maximum atomic E-state index is 6.22. The largest absolute Gasteiger partial charge is 0.377 e. The summed E-state index contributed by atoms with van der Waals surface area (Å²) in [7, 11) is 1.61. The standard InChI is InChI=1S/C14H11Cl2N5O/c1-22-6-12-18-14-9-4-8(15)2-3-10(9)20-7-17-13(16)11(20)5-21(14)19-12/h2-4,7H,5-6H2,1H3. The van der Waals surface area contributed by atoms with Gasteiger partial charge in [-0.1, -0.05) is 23.2 Å². The molecule has 0 bridgehead atoms. The van der Waals surface area contributed by atoms with Crippen LogP contribution in [-0.2, 0) is 17.9 Å². The molecule has 0 amide bonds. The van der Waals surface area contributed by atoms with Gasteiger partial charge in [-0.15, -0.1) is 0 Å². The first-order chi connectivity index (χ1) is 10.7. The minimum absolute atomic E-state index is 0.350. The lowest BCUT2D eigenvalue weighted by Gasteiger charge is -2.08. The van der Waals surface area contributed by atoms with Gasteiger partial charge >= 0.3 is 0 Å². The molecule has 0 radical (unpaired) electrons. The summed E-state index contributed by atoms with van der Waals surface area (Å²) in [5.74, 6) is 1.36. The first-order valence-electron chi connectivity index (χ1n) is 6.62. The van der Waals surface area contributed by atoms with Crippen LogP contribution in [0.15, 0.2) is 24.5 Å². The number of hydrogen-bond acceptors (Lipinski definition) is 4. The third-order valence-corrected chi connectivity index (χ3v) is 4.11. The van der Waals surface area contributed by atoms with Gasteiger partial charge in [-0.3, -0.25) is 4.57 Å². The van der Waals surface area contributed by atoms with Gasteiger partial charge < -0.3 is 4.74 Å². The minimum atomic E-state index is 0.350. The smallest absolute Gasteiger partial charge is 0.176 e. The molecule has 0 spiro atoms. The molecule has 0 fully saturated rings. The fourth-order valence-corrected chi connectivity index (χ4v) is 3.00. The number of ether oxygens (including phenoxy) is 1. The van der Waals surface area contributed by atoms with Gasteiger partial charge in [0.2, 0.25) is 0 Å². The van der Waals surface area contributed by atoms with E-state index in [1.165, 1.54) is 0 Å². The second-order valence-corrected chi connectivity index (χ2v) is 5.75. The topological polar surface area (TPSA) is 57.8 Å². The first kappa shape index (κ1) is 13.8. The number of rotatable bonds is 2. The van der Waals surface area contributed by atoms with Crippen LogP contribution in [0, 0.1) is 0 Å². The highest BCUT2D eigenvalue weighted by atomic mass is 35.5. The normalized spacial score (nSPS) is 12.5. The Bertz CT molecular complexity index is 870. The van der Waals surface area contributed by atoms with Gasteiger partial charge in [-0.05, 0) is 18.2 Å². The van der Waals surface area contributed by atoms with E-state index in [0.29, 0.717) is 29.2 Å². The Morgan fingerprint density at radius 2 is 2.18 bits per heavy atom. The van der Waals surface area contributed by atoms with Gasteiger partial charge in [0.1, 0.15) is 12.9 Å². The molecule has 0 aliphatic carbocycles. The molecule has 2 aromatic heterocycles. The summed E-state index contributed by atoms with van der Waals surface area (Å²) in [5, 5.41) is 5.58. The van der Waals surface area contributed by atoms with Gasteiger partial charge in [0, 0.05) is 17.7 Å². The van der Waals surface area contributed by atoms with E-state index < -0.39 is 0 Å². The number of methoxy groups -OCH3 is 1. The first-order valence-corrected chi connectivity index (χ1v) is 7.37. The van der Waals surface area contributed by atoms with Crippen LogP contribution in [0.1, 0.15) is 11.5 Å². The molecular weight excluding hydrogens is 325 g/mol. The highest BCUT2D eigenvalue weighted by Gasteiger charge is 2.24. The molecule has 0 saturated heterocycles. The van der Waals surface area contributed by atoms with E-state index in [4.69, 9.17) is 27.9 Å². The van der Waals surface area contributed by atoms with Crippen LogP contribution in [0.2, 0.25) is 10.2 Å². The number of nitrogens with zero attached hydrogens (tertiary/aromatic N) is 5. The fourth-order valence-electron chi connectivity index (χ4n) is 2.63. The van der Waals surface area contributed by atoms with E-state index in [1.807, 2.05) is 22.8 Å². The molecule has 6 nitrogen and oxygen atoms in total. The van der Waals surface area contributed by atoms with Crippen LogP contribution < -0.4 is 0 Å². The molecule has 8 heteroatoms. The third-order valence-electron chi connectivity index (χ3n) is 3.56. The predicted molar refractivity (Wildman–Crippen MR) is 82.4 cm³/mol. The van der Waals surface area contributed by atoms with Crippen molar-refractivity contribution in [3.8, 4) is 17.1 Å². The van der Waals surface area contributed by atoms with Gasteiger partial charge in [-0.2, -0.15) is 5.10 Å². The molecule has 112 valence electrons. The highest BCUT2D eigenvalue weighted by molar-refractivity contribution is 6.31. The number of aromatic nitrogens is 5. The van der Waals surface area contributed by atoms with Gasteiger partial charge in [0.15, 0.2) is 16.8 Å². The maximum absolute atomic E-state index is 6.22. The molecule has 3 heterocycles. The summed E-state index contributed by atoms with van der Waals surface area (Å²) in [5.41, 5.74) is 2.67. The van der Waals surface area contributed by atoms with Crippen molar-refractivity contribution in [1.82, 2.24) is 24.3 Å². The molecule has 1 aliphatic rings. The Labute approximate surface area is 136 Å². The van der Waals surface area contributed by atoms with E-state index in [2.05, 4.69) is 15.1 Å². The summed E-state index contributed by atoms with van der Waals surface area (Å²) in [6.07, 6.45) is 1.70. The number of benzene rings is 1. The maximum Gasteiger partial charge on any atom is 0.176 e. The lowest BCUT2D eigenvalue weighted by molar-refractivity contribution is 0.177. The zero-order chi connectivity index (χ0) is 15.3. The summed E-state index contributed by atoms with van der Waals surface area (Å²) >= 11 is 12.4. The van der Waals surface area contributed by atoms with Crippen molar-refractivity contribution in [2.24, 2.45) is 0 Å². The highest BCUT2D eigenvalue weighted by Crippen LogP contribution is 2.34. The molecule has 4 rings (SSSR count). The van der Waals surface area contributed by atoms with E-state index in [1.54, 1.807) is 18.1 Å². The minimum Gasteiger partial charge on any atom is -0.377 e. The van der Waals surface area contributed by atoms with Crippen molar-refractivity contribution in [2.45, 2.75) is 13.2 Å². The van der Waals surface area contributed by atoms with Crippen molar-refractivity contribution in [2.75, 3.05) is 7.11 Å². The molecule has 22 heavy (non-hydrogen) atoms. The molecule has 1 aliphatic heterocycles. The zero-order valence-electron chi connectivity index (χ0n) is 11.6. The van der Waals surface area contributed by atoms with E-state index in [-0.39, 0.29) is 0 Å². The Morgan fingerprint density at radius 3 is 3.00 bits per heavy atom. The SMILES string of the molecule is COCc1nc2n(n1)Cc1c(Cl)ncn1-c1ccc(Cl)cc1-2. The molecule has 0 atom stereocenters. The van der Waals surface area contributed by atoms with Crippen LogP contribution in [0.5, 0.6) is 0 Å². The zero-order valence-corrected chi connectivity index (χ0v) is 13.1. The predicted octanol–water partition coefficient (Wildman–Crippen LogP) is 2.95. The van der Waals surface area contributed by atoms with Crippen LogP contribution in [0.3, 0.4) is 0 Å². The molecule has 0 unspecified atom stereocenters. The summed E-state index contributed by atoms with van der Waals surface area (Å²) in [4.78, 5) is 8.75. The summed E-state index contributed by atoms with van der Waals surface area (Å²) in [6.45, 7) is 0.833. The van der Waals surface area contributed by atoms with Crippen LogP contribution in [0.25, 0.3) is 17.1 Å². The van der Waals surface area contributed by atoms with Crippen LogP contribution in [0.4, 0.5) is 0 Å². The molecule has 0 N–H and O–H groups in total. The number of imidazole rings is 1. The molecule has 1 aromatic carbocycles. The molecule has 3 aromatic rings. The lowest BCUT2D eigenvalue weighted by atomic mass is 10.1. The summed E-state index contributed by atoms with van der Waals surface area (Å²) in [6, 6.07) is 5.64. The van der Waals surface area contributed by atoms with Crippen molar-refractivity contribution < 1.29 is 4.74 Å². The van der Waals surface area contributed by atoms with Crippen molar-refractivity contribution in [3.63, 3.8) is 0 Å². The van der Waals surface area contributed by atoms with Crippen molar-refractivity contribution >= 4 is 23.2 Å². The van der Waals surface area contributed by atoms with Gasteiger partial charge in [0.25, 0.3) is 0 Å². The monoisotopic (exact) mass is 335 g/mol. The fraction of sp³-hybridized carbons (Fsp3) is 0.214. The average Bonchev–Trinajstić information content (AvgIpc) is 3.02. The molecule has 0 saturated carbocycles. The number of hydrogen-bond donors (Lipinski definition) is 0. The quantitative estimate of drug-likeness (QED) is 0.565. The number of halogens is 2. The Hall–Kier alpha value is -1.89. The molecular formula is C14H11Cl2N5O. The summed E-state index contributed by atoms with van der Waals surface area (Å²) < 4.78 is 8.87. The van der Waals surface area contributed by atoms with Crippen LogP contribution in [-0.4, -0.2) is 31.4 Å². The van der Waals surface area contributed by atoms with Crippen molar-refractivity contribution in [3.05, 3.63) is 46.2 Å². The second-order valence-electron chi connectivity index (χ2n) is 4.96. The third kappa shape index (κ3) is 2.03. The van der Waals surface area contributed by atoms with Crippen LogP contribution >= 0.6 is 23.2 Å². The second kappa shape index (κ2) is 5.08. The van der Waals surface area contributed by atoms with E-state index in [9.17, 15) is 0 Å². The Balaban J connectivity index is 2.01. The van der Waals surface area contributed by atoms with Gasteiger partial charge in [-0.25, -0.2) is 14.6 Å². The van der Waals surface area contributed by atoms with Crippen molar-refractivity contribution in [1.29, 1.82) is 0 Å². The van der Waals surface area contributed by atoms with E-state index >= 15 is 0 Å².